The fourth-order valence-corrected chi connectivity index (χ4v) is 3.01. The van der Waals surface area contributed by atoms with Gasteiger partial charge in [-0.1, -0.05) is 6.42 Å². The van der Waals surface area contributed by atoms with Crippen LogP contribution in [0.25, 0.3) is 0 Å². The number of piperidine rings is 1. The van der Waals surface area contributed by atoms with E-state index in [0.29, 0.717) is 19.0 Å². The zero-order valence-electron chi connectivity index (χ0n) is 11.3. The minimum absolute atomic E-state index is 0.279. The van der Waals surface area contributed by atoms with Crippen LogP contribution in [-0.4, -0.2) is 39.5 Å². The third kappa shape index (κ3) is 2.97. The number of nitrogens with one attached hydrogen (secondary N) is 1. The number of aromatic nitrogens is 2. The predicted octanol–water partition coefficient (Wildman–Crippen LogP) is 1.15. The van der Waals surface area contributed by atoms with E-state index < -0.39 is 0 Å². The Bertz CT molecular complexity index is 436. The molecule has 1 unspecified atom stereocenters. The predicted molar refractivity (Wildman–Crippen MR) is 72.5 cm³/mol. The maximum atomic E-state index is 12.2. The molecule has 1 aromatic rings. The lowest BCUT2D eigenvalue weighted by Crippen LogP contribution is -2.40. The SMILES string of the molecule is O=C(CCC1CCCCN1)N1CCn2ccnc2C1. The summed E-state index contributed by atoms with van der Waals surface area (Å²) in [4.78, 5) is 18.5. The average Bonchev–Trinajstić information content (AvgIpc) is 2.93. The molecule has 3 rings (SSSR count). The molecule has 19 heavy (non-hydrogen) atoms. The lowest BCUT2D eigenvalue weighted by atomic mass is 10.0. The molecule has 1 fully saturated rings. The number of carbonyl (C=O) groups is 1. The van der Waals surface area contributed by atoms with Crippen molar-refractivity contribution in [1.29, 1.82) is 0 Å². The van der Waals surface area contributed by atoms with Crippen LogP contribution in [0, 0.1) is 0 Å². The molecular weight excluding hydrogens is 240 g/mol. The Morgan fingerprint density at radius 1 is 1.42 bits per heavy atom. The molecule has 1 atom stereocenters. The van der Waals surface area contributed by atoms with Gasteiger partial charge in [-0.05, 0) is 25.8 Å². The molecule has 3 heterocycles. The summed E-state index contributed by atoms with van der Waals surface area (Å²) in [6.45, 7) is 3.48. The van der Waals surface area contributed by atoms with Crippen LogP contribution in [0.5, 0.6) is 0 Å². The van der Waals surface area contributed by atoms with Crippen molar-refractivity contribution in [3.05, 3.63) is 18.2 Å². The van der Waals surface area contributed by atoms with Crippen LogP contribution < -0.4 is 5.32 Å². The quantitative estimate of drug-likeness (QED) is 0.889. The summed E-state index contributed by atoms with van der Waals surface area (Å²) in [6.07, 6.45) is 9.24. The van der Waals surface area contributed by atoms with E-state index in [1.807, 2.05) is 17.3 Å². The monoisotopic (exact) mass is 262 g/mol. The number of nitrogens with zero attached hydrogens (tertiary/aromatic N) is 3. The van der Waals surface area contributed by atoms with Gasteiger partial charge in [0.05, 0.1) is 6.54 Å². The number of carbonyl (C=O) groups excluding carboxylic acids is 1. The van der Waals surface area contributed by atoms with Gasteiger partial charge >= 0.3 is 0 Å². The lowest BCUT2D eigenvalue weighted by Gasteiger charge is -2.29. The van der Waals surface area contributed by atoms with Crippen molar-refractivity contribution in [2.75, 3.05) is 13.1 Å². The van der Waals surface area contributed by atoms with Crippen LogP contribution in [0.4, 0.5) is 0 Å². The topological polar surface area (TPSA) is 50.2 Å². The summed E-state index contributed by atoms with van der Waals surface area (Å²) in [5.41, 5.74) is 0. The molecule has 1 aromatic heterocycles. The Hall–Kier alpha value is -1.36. The molecule has 1 saturated heterocycles. The second-order valence-corrected chi connectivity index (χ2v) is 5.54. The summed E-state index contributed by atoms with van der Waals surface area (Å²) in [6, 6.07) is 0.546. The van der Waals surface area contributed by atoms with Crippen LogP contribution in [0.15, 0.2) is 12.4 Å². The Morgan fingerprint density at radius 3 is 3.21 bits per heavy atom. The molecule has 104 valence electrons. The third-order valence-corrected chi connectivity index (χ3v) is 4.22. The van der Waals surface area contributed by atoms with E-state index in [0.717, 1.165) is 31.9 Å². The largest absolute Gasteiger partial charge is 0.333 e. The number of hydrogen-bond donors (Lipinski definition) is 1. The van der Waals surface area contributed by atoms with E-state index in [1.54, 1.807) is 0 Å². The fraction of sp³-hybridized carbons (Fsp3) is 0.714. The molecule has 0 bridgehead atoms. The van der Waals surface area contributed by atoms with E-state index in [-0.39, 0.29) is 5.91 Å². The highest BCUT2D eigenvalue weighted by Gasteiger charge is 2.22. The third-order valence-electron chi connectivity index (χ3n) is 4.22. The van der Waals surface area contributed by atoms with Gasteiger partial charge in [-0.25, -0.2) is 4.98 Å². The summed E-state index contributed by atoms with van der Waals surface area (Å²) in [7, 11) is 0. The second-order valence-electron chi connectivity index (χ2n) is 5.54. The number of imidazole rings is 1. The molecule has 0 aliphatic carbocycles. The molecule has 2 aliphatic rings. The van der Waals surface area contributed by atoms with E-state index in [4.69, 9.17) is 0 Å². The first-order valence-electron chi connectivity index (χ1n) is 7.34. The summed E-state index contributed by atoms with van der Waals surface area (Å²) < 4.78 is 2.13. The average molecular weight is 262 g/mol. The molecule has 5 nitrogen and oxygen atoms in total. The lowest BCUT2D eigenvalue weighted by molar-refractivity contribution is -0.133. The Morgan fingerprint density at radius 2 is 2.37 bits per heavy atom. The first-order chi connectivity index (χ1) is 9.33. The van der Waals surface area contributed by atoms with Gasteiger partial charge < -0.3 is 14.8 Å². The van der Waals surface area contributed by atoms with Gasteiger partial charge in [0, 0.05) is 37.9 Å². The molecule has 0 spiro atoms. The van der Waals surface area contributed by atoms with E-state index in [1.165, 1.54) is 19.3 Å². The highest BCUT2D eigenvalue weighted by molar-refractivity contribution is 5.76. The molecular formula is C14H22N4O. The highest BCUT2D eigenvalue weighted by atomic mass is 16.2. The molecule has 2 aliphatic heterocycles. The van der Waals surface area contributed by atoms with Crippen molar-refractivity contribution < 1.29 is 4.79 Å². The van der Waals surface area contributed by atoms with Crippen molar-refractivity contribution in [1.82, 2.24) is 19.8 Å². The van der Waals surface area contributed by atoms with Gasteiger partial charge in [0.2, 0.25) is 5.91 Å². The van der Waals surface area contributed by atoms with Gasteiger partial charge in [-0.2, -0.15) is 0 Å². The fourth-order valence-electron chi connectivity index (χ4n) is 3.01. The zero-order chi connectivity index (χ0) is 13.1. The first-order valence-corrected chi connectivity index (χ1v) is 7.34. The van der Waals surface area contributed by atoms with Crippen LogP contribution in [-0.2, 0) is 17.9 Å². The van der Waals surface area contributed by atoms with Gasteiger partial charge in [0.15, 0.2) is 0 Å². The standard InChI is InChI=1S/C14H22N4O/c19-14(5-4-12-3-1-2-6-15-12)18-10-9-17-8-7-16-13(17)11-18/h7-8,12,15H,1-6,9-11H2. The van der Waals surface area contributed by atoms with Crippen LogP contribution >= 0.6 is 0 Å². The van der Waals surface area contributed by atoms with Crippen LogP contribution in [0.3, 0.4) is 0 Å². The van der Waals surface area contributed by atoms with Gasteiger partial charge in [0.1, 0.15) is 5.82 Å². The normalized spacial score (nSPS) is 23.2. The maximum absolute atomic E-state index is 12.2. The number of fused-ring (bicyclic) bond motifs is 1. The van der Waals surface area contributed by atoms with Gasteiger partial charge in [-0.15, -0.1) is 0 Å². The van der Waals surface area contributed by atoms with Crippen molar-refractivity contribution in [3.8, 4) is 0 Å². The van der Waals surface area contributed by atoms with E-state index in [9.17, 15) is 4.79 Å². The summed E-state index contributed by atoms with van der Waals surface area (Å²) in [5.74, 6) is 1.29. The Labute approximate surface area is 114 Å². The molecule has 0 radical (unpaired) electrons. The minimum atomic E-state index is 0.279. The van der Waals surface area contributed by atoms with Crippen molar-refractivity contribution in [3.63, 3.8) is 0 Å². The van der Waals surface area contributed by atoms with Crippen molar-refractivity contribution in [2.24, 2.45) is 0 Å². The second kappa shape index (κ2) is 5.74. The molecule has 0 aromatic carbocycles. The first kappa shape index (κ1) is 12.7. The molecule has 1 amide bonds. The van der Waals surface area contributed by atoms with Crippen molar-refractivity contribution >= 4 is 5.91 Å². The summed E-state index contributed by atoms with van der Waals surface area (Å²) in [5, 5.41) is 3.50. The van der Waals surface area contributed by atoms with Crippen LogP contribution in [0.1, 0.15) is 37.9 Å². The highest BCUT2D eigenvalue weighted by Crippen LogP contribution is 2.15. The maximum Gasteiger partial charge on any atom is 0.223 e. The Balaban J connectivity index is 1.48. The van der Waals surface area contributed by atoms with Gasteiger partial charge in [-0.3, -0.25) is 4.79 Å². The number of amides is 1. The smallest absolute Gasteiger partial charge is 0.223 e. The molecule has 1 N–H and O–H groups in total. The Kier molecular flexibility index (Phi) is 3.82. The zero-order valence-corrected chi connectivity index (χ0v) is 11.3. The van der Waals surface area contributed by atoms with Crippen LogP contribution in [0.2, 0.25) is 0 Å². The van der Waals surface area contributed by atoms with Gasteiger partial charge in [0.25, 0.3) is 0 Å². The molecule has 5 heteroatoms. The number of rotatable bonds is 3. The summed E-state index contributed by atoms with van der Waals surface area (Å²) >= 11 is 0. The van der Waals surface area contributed by atoms with E-state index in [2.05, 4.69) is 14.9 Å². The van der Waals surface area contributed by atoms with E-state index >= 15 is 0 Å². The minimum Gasteiger partial charge on any atom is -0.333 e. The molecule has 0 saturated carbocycles. The number of hydrogen-bond acceptors (Lipinski definition) is 3. The van der Waals surface area contributed by atoms with Crippen molar-refractivity contribution in [2.45, 2.75) is 51.2 Å².